The summed E-state index contributed by atoms with van der Waals surface area (Å²) in [6.07, 6.45) is 3.45. The van der Waals surface area contributed by atoms with Crippen LogP contribution >= 0.6 is 0 Å². The standard InChI is InChI=1S/C15H24FNO/c1-3-17(4-2)12-6-5-7-13-18-15-10-8-14(16)9-11-15/h8-11H,3-7,12-13H2,1-2H3. The molecule has 0 radical (unpaired) electrons. The van der Waals surface area contributed by atoms with Gasteiger partial charge in [0.1, 0.15) is 11.6 Å². The van der Waals surface area contributed by atoms with E-state index in [4.69, 9.17) is 4.74 Å². The van der Waals surface area contributed by atoms with Crippen molar-refractivity contribution in [2.24, 2.45) is 0 Å². The fraction of sp³-hybridized carbons (Fsp3) is 0.600. The molecule has 0 aliphatic rings. The number of unbranched alkanes of at least 4 members (excludes halogenated alkanes) is 2. The van der Waals surface area contributed by atoms with E-state index in [1.165, 1.54) is 31.5 Å². The van der Waals surface area contributed by atoms with Crippen molar-refractivity contribution < 1.29 is 9.13 Å². The molecule has 0 amide bonds. The maximum Gasteiger partial charge on any atom is 0.123 e. The summed E-state index contributed by atoms with van der Waals surface area (Å²) in [4.78, 5) is 2.43. The second kappa shape index (κ2) is 8.92. The number of nitrogens with zero attached hydrogens (tertiary/aromatic N) is 1. The number of benzene rings is 1. The lowest BCUT2D eigenvalue weighted by atomic mass is 10.2. The van der Waals surface area contributed by atoms with E-state index in [0.29, 0.717) is 6.61 Å². The minimum absolute atomic E-state index is 0.221. The Balaban J connectivity index is 2.03. The molecule has 0 unspecified atom stereocenters. The SMILES string of the molecule is CCN(CC)CCCCCOc1ccc(F)cc1. The van der Waals surface area contributed by atoms with Crippen LogP contribution in [0.25, 0.3) is 0 Å². The van der Waals surface area contributed by atoms with Crippen LogP contribution in [0.4, 0.5) is 4.39 Å². The van der Waals surface area contributed by atoms with Crippen LogP contribution in [0.2, 0.25) is 0 Å². The second-order valence-electron chi connectivity index (χ2n) is 4.39. The van der Waals surface area contributed by atoms with Crippen LogP contribution in [0.5, 0.6) is 5.75 Å². The van der Waals surface area contributed by atoms with E-state index >= 15 is 0 Å². The minimum atomic E-state index is -0.221. The molecule has 0 bridgehead atoms. The molecule has 1 aromatic rings. The van der Waals surface area contributed by atoms with Crippen molar-refractivity contribution in [3.63, 3.8) is 0 Å². The van der Waals surface area contributed by atoms with Gasteiger partial charge in [-0.2, -0.15) is 0 Å². The zero-order chi connectivity index (χ0) is 13.2. The van der Waals surface area contributed by atoms with Gasteiger partial charge in [-0.05, 0) is 63.2 Å². The molecule has 2 nitrogen and oxygen atoms in total. The largest absolute Gasteiger partial charge is 0.494 e. The van der Waals surface area contributed by atoms with Crippen molar-refractivity contribution in [1.29, 1.82) is 0 Å². The number of hydrogen-bond acceptors (Lipinski definition) is 2. The molecule has 0 fully saturated rings. The molecule has 0 N–H and O–H groups in total. The van der Waals surface area contributed by atoms with E-state index < -0.39 is 0 Å². The summed E-state index contributed by atoms with van der Waals surface area (Å²) >= 11 is 0. The minimum Gasteiger partial charge on any atom is -0.494 e. The summed E-state index contributed by atoms with van der Waals surface area (Å²) in [6, 6.07) is 6.20. The highest BCUT2D eigenvalue weighted by atomic mass is 19.1. The smallest absolute Gasteiger partial charge is 0.123 e. The summed E-state index contributed by atoms with van der Waals surface area (Å²) < 4.78 is 18.2. The van der Waals surface area contributed by atoms with E-state index in [2.05, 4.69) is 18.7 Å². The summed E-state index contributed by atoms with van der Waals surface area (Å²) in [5, 5.41) is 0. The summed E-state index contributed by atoms with van der Waals surface area (Å²) in [7, 11) is 0. The third-order valence-electron chi connectivity index (χ3n) is 3.10. The predicted molar refractivity (Wildman–Crippen MR) is 73.5 cm³/mol. The zero-order valence-electron chi connectivity index (χ0n) is 11.5. The lowest BCUT2D eigenvalue weighted by Gasteiger charge is -2.17. The van der Waals surface area contributed by atoms with Gasteiger partial charge in [0.15, 0.2) is 0 Å². The van der Waals surface area contributed by atoms with Crippen molar-refractivity contribution >= 4 is 0 Å². The van der Waals surface area contributed by atoms with Crippen molar-refractivity contribution in [2.75, 3.05) is 26.2 Å². The van der Waals surface area contributed by atoms with Crippen LogP contribution in [0, 0.1) is 5.82 Å². The Morgan fingerprint density at radius 2 is 1.67 bits per heavy atom. The Bertz CT molecular complexity index is 309. The molecule has 0 aliphatic heterocycles. The average Bonchev–Trinajstić information content (AvgIpc) is 2.40. The molecular weight excluding hydrogens is 229 g/mol. The van der Waals surface area contributed by atoms with Gasteiger partial charge >= 0.3 is 0 Å². The molecule has 1 rings (SSSR count). The molecule has 0 aliphatic carbocycles. The Labute approximate surface area is 110 Å². The van der Waals surface area contributed by atoms with Gasteiger partial charge in [0, 0.05) is 0 Å². The van der Waals surface area contributed by atoms with E-state index in [9.17, 15) is 4.39 Å². The van der Waals surface area contributed by atoms with Crippen molar-refractivity contribution in [3.8, 4) is 5.75 Å². The third-order valence-corrected chi connectivity index (χ3v) is 3.10. The molecule has 0 aromatic heterocycles. The van der Waals surface area contributed by atoms with Gasteiger partial charge in [0.2, 0.25) is 0 Å². The Morgan fingerprint density at radius 1 is 1.00 bits per heavy atom. The van der Waals surface area contributed by atoms with Gasteiger partial charge < -0.3 is 9.64 Å². The first-order chi connectivity index (χ1) is 8.76. The van der Waals surface area contributed by atoms with Gasteiger partial charge in [-0.3, -0.25) is 0 Å². The van der Waals surface area contributed by atoms with E-state index in [1.807, 2.05) is 0 Å². The lowest BCUT2D eigenvalue weighted by Crippen LogP contribution is -2.23. The van der Waals surface area contributed by atoms with E-state index in [0.717, 1.165) is 25.3 Å². The molecule has 0 heterocycles. The lowest BCUT2D eigenvalue weighted by molar-refractivity contribution is 0.277. The average molecular weight is 253 g/mol. The van der Waals surface area contributed by atoms with E-state index in [1.54, 1.807) is 12.1 Å². The Kier molecular flexibility index (Phi) is 7.42. The molecule has 0 atom stereocenters. The first kappa shape index (κ1) is 15.0. The summed E-state index contributed by atoms with van der Waals surface area (Å²) in [5.41, 5.74) is 0. The molecule has 1 aromatic carbocycles. The van der Waals surface area contributed by atoms with Crippen LogP contribution in [0.1, 0.15) is 33.1 Å². The van der Waals surface area contributed by atoms with Crippen molar-refractivity contribution in [2.45, 2.75) is 33.1 Å². The van der Waals surface area contributed by atoms with Crippen molar-refractivity contribution in [1.82, 2.24) is 4.90 Å². The summed E-state index contributed by atoms with van der Waals surface area (Å²) in [5.74, 6) is 0.529. The highest BCUT2D eigenvalue weighted by Gasteiger charge is 1.98. The Morgan fingerprint density at radius 3 is 2.28 bits per heavy atom. The normalized spacial score (nSPS) is 10.9. The molecule has 0 saturated carbocycles. The number of rotatable bonds is 9. The first-order valence-corrected chi connectivity index (χ1v) is 6.87. The van der Waals surface area contributed by atoms with Crippen LogP contribution < -0.4 is 4.74 Å². The first-order valence-electron chi connectivity index (χ1n) is 6.87. The quantitative estimate of drug-likeness (QED) is 0.622. The zero-order valence-corrected chi connectivity index (χ0v) is 11.5. The fourth-order valence-electron chi connectivity index (χ4n) is 1.87. The molecule has 18 heavy (non-hydrogen) atoms. The molecule has 102 valence electrons. The predicted octanol–water partition coefficient (Wildman–Crippen LogP) is 3.72. The third kappa shape index (κ3) is 6.01. The highest BCUT2D eigenvalue weighted by Crippen LogP contribution is 2.11. The number of ether oxygens (including phenoxy) is 1. The summed E-state index contributed by atoms with van der Waals surface area (Å²) in [6.45, 7) is 8.53. The highest BCUT2D eigenvalue weighted by molar-refractivity contribution is 5.21. The second-order valence-corrected chi connectivity index (χ2v) is 4.39. The molecule has 0 spiro atoms. The topological polar surface area (TPSA) is 12.5 Å². The van der Waals surface area contributed by atoms with Gasteiger partial charge in [-0.15, -0.1) is 0 Å². The van der Waals surface area contributed by atoms with Crippen LogP contribution in [0.3, 0.4) is 0 Å². The van der Waals surface area contributed by atoms with Gasteiger partial charge in [-0.25, -0.2) is 4.39 Å². The van der Waals surface area contributed by atoms with Crippen LogP contribution in [-0.2, 0) is 0 Å². The monoisotopic (exact) mass is 253 g/mol. The van der Waals surface area contributed by atoms with Gasteiger partial charge in [0.25, 0.3) is 0 Å². The van der Waals surface area contributed by atoms with E-state index in [-0.39, 0.29) is 5.82 Å². The van der Waals surface area contributed by atoms with Gasteiger partial charge in [-0.1, -0.05) is 13.8 Å². The van der Waals surface area contributed by atoms with Crippen LogP contribution in [0.15, 0.2) is 24.3 Å². The maximum absolute atomic E-state index is 12.7. The van der Waals surface area contributed by atoms with Gasteiger partial charge in [0.05, 0.1) is 6.61 Å². The number of hydrogen-bond donors (Lipinski definition) is 0. The van der Waals surface area contributed by atoms with Crippen molar-refractivity contribution in [3.05, 3.63) is 30.1 Å². The maximum atomic E-state index is 12.7. The number of halogens is 1. The molecular formula is C15H24FNO. The molecule has 3 heteroatoms. The fourth-order valence-corrected chi connectivity index (χ4v) is 1.87. The molecule has 0 saturated heterocycles. The Hall–Kier alpha value is -1.09. The van der Waals surface area contributed by atoms with Crippen LogP contribution in [-0.4, -0.2) is 31.1 Å².